The van der Waals surface area contributed by atoms with Gasteiger partial charge in [-0.2, -0.15) is 26.3 Å². The van der Waals surface area contributed by atoms with Gasteiger partial charge in [0.1, 0.15) is 0 Å². The topological polar surface area (TPSA) is 52.7 Å². The summed E-state index contributed by atoms with van der Waals surface area (Å²) in [6.07, 6.45) is -8.20. The molecule has 1 aliphatic rings. The number of rotatable bonds is 10. The van der Waals surface area contributed by atoms with Gasteiger partial charge in [0.05, 0.1) is 26.7 Å². The number of nitrogens with one attached hydrogen (secondary N) is 1. The van der Waals surface area contributed by atoms with Crippen molar-refractivity contribution in [3.8, 4) is 0 Å². The third kappa shape index (κ3) is 9.64. The molecule has 1 unspecified atom stereocenters. The van der Waals surface area contributed by atoms with Crippen LogP contribution in [0.3, 0.4) is 0 Å². The molecule has 3 aromatic rings. The minimum atomic E-state index is -5.01. The molecule has 5 nitrogen and oxygen atoms in total. The Morgan fingerprint density at radius 1 is 0.872 bits per heavy atom. The second kappa shape index (κ2) is 14.9. The summed E-state index contributed by atoms with van der Waals surface area (Å²) in [6, 6.07) is 16.1. The molecule has 3 aromatic carbocycles. The molecule has 1 N–H and O–H groups in total. The van der Waals surface area contributed by atoms with Crippen molar-refractivity contribution in [1.29, 1.82) is 0 Å². The van der Waals surface area contributed by atoms with Gasteiger partial charge in [0.2, 0.25) is 11.8 Å². The molecule has 1 aliphatic heterocycles. The molecule has 47 heavy (non-hydrogen) atoms. The number of piperidine rings is 1. The van der Waals surface area contributed by atoms with Gasteiger partial charge in [-0.1, -0.05) is 59.6 Å². The molecular weight excluding hydrogens is 667 g/mol. The van der Waals surface area contributed by atoms with E-state index in [9.17, 15) is 35.9 Å². The van der Waals surface area contributed by atoms with Crippen LogP contribution in [0, 0.1) is 0 Å². The summed E-state index contributed by atoms with van der Waals surface area (Å²) in [7, 11) is 0. The van der Waals surface area contributed by atoms with E-state index < -0.39 is 41.5 Å². The molecule has 0 radical (unpaired) electrons. The molecule has 13 heteroatoms. The number of carbonyl (C=O) groups is 2. The zero-order valence-corrected chi connectivity index (χ0v) is 27.3. The van der Waals surface area contributed by atoms with Crippen molar-refractivity contribution in [2.24, 2.45) is 0 Å². The predicted octanol–water partition coefficient (Wildman–Crippen LogP) is 8.68. The molecule has 1 fully saturated rings. The zero-order chi connectivity index (χ0) is 34.6. The number of halogens is 8. The Hall–Kier alpha value is -3.28. The van der Waals surface area contributed by atoms with E-state index >= 15 is 0 Å². The molecule has 0 bridgehead atoms. The van der Waals surface area contributed by atoms with Crippen LogP contribution in [0.5, 0.6) is 0 Å². The number of benzene rings is 3. The van der Waals surface area contributed by atoms with Gasteiger partial charge in [-0.25, -0.2) is 0 Å². The SMILES string of the molecule is CC(=O)NC1(c2ccccc2)CCN(CCC(CN(Cc2cc(C(F)(F)F)cc(C(F)(F)F)c2)C(C)=O)c2ccc(Cl)c(Cl)c2)CC1. The van der Waals surface area contributed by atoms with Gasteiger partial charge in [-0.15, -0.1) is 0 Å². The summed E-state index contributed by atoms with van der Waals surface area (Å²) >= 11 is 12.5. The van der Waals surface area contributed by atoms with Gasteiger partial charge >= 0.3 is 12.4 Å². The van der Waals surface area contributed by atoms with E-state index in [1.165, 1.54) is 18.7 Å². The summed E-state index contributed by atoms with van der Waals surface area (Å²) in [4.78, 5) is 28.4. The Morgan fingerprint density at radius 2 is 1.47 bits per heavy atom. The van der Waals surface area contributed by atoms with Crippen molar-refractivity contribution < 1.29 is 35.9 Å². The van der Waals surface area contributed by atoms with Gasteiger partial charge in [0, 0.05) is 45.9 Å². The second-order valence-electron chi connectivity index (χ2n) is 11.9. The second-order valence-corrected chi connectivity index (χ2v) is 12.8. The molecule has 254 valence electrons. The highest BCUT2D eigenvalue weighted by Gasteiger charge is 2.38. The minimum Gasteiger partial charge on any atom is -0.347 e. The van der Waals surface area contributed by atoms with E-state index in [4.69, 9.17) is 23.2 Å². The first-order valence-electron chi connectivity index (χ1n) is 15.0. The number of likely N-dealkylation sites (tertiary alicyclic amines) is 1. The maximum atomic E-state index is 13.5. The number of carbonyl (C=O) groups excluding carboxylic acids is 2. The van der Waals surface area contributed by atoms with Crippen LogP contribution in [-0.4, -0.2) is 47.8 Å². The predicted molar refractivity (Wildman–Crippen MR) is 169 cm³/mol. The first kappa shape index (κ1) is 36.6. The summed E-state index contributed by atoms with van der Waals surface area (Å²) in [5.41, 5.74) is -1.95. The third-order valence-corrected chi connectivity index (χ3v) is 9.31. The smallest absolute Gasteiger partial charge is 0.347 e. The van der Waals surface area contributed by atoms with Gasteiger partial charge in [-0.3, -0.25) is 9.59 Å². The molecule has 1 atom stereocenters. The van der Waals surface area contributed by atoms with Crippen LogP contribution in [0.25, 0.3) is 0 Å². The largest absolute Gasteiger partial charge is 0.416 e. The van der Waals surface area contributed by atoms with E-state index in [0.29, 0.717) is 56.1 Å². The van der Waals surface area contributed by atoms with E-state index in [0.717, 1.165) is 11.1 Å². The quantitative estimate of drug-likeness (QED) is 0.215. The Kier molecular flexibility index (Phi) is 11.6. The monoisotopic (exact) mass is 701 g/mol. The van der Waals surface area contributed by atoms with E-state index in [1.807, 2.05) is 30.3 Å². The maximum Gasteiger partial charge on any atom is 0.416 e. The first-order chi connectivity index (χ1) is 22.0. The fourth-order valence-electron chi connectivity index (χ4n) is 6.11. The maximum absolute atomic E-state index is 13.5. The number of alkyl halides is 6. The van der Waals surface area contributed by atoms with Crippen LogP contribution < -0.4 is 5.32 Å². The lowest BCUT2D eigenvalue weighted by atomic mass is 9.80. The Balaban J connectivity index is 1.56. The lowest BCUT2D eigenvalue weighted by Crippen LogP contribution is -2.52. The van der Waals surface area contributed by atoms with Crippen molar-refractivity contribution in [1.82, 2.24) is 15.1 Å². The molecule has 0 aliphatic carbocycles. The highest BCUT2D eigenvalue weighted by Crippen LogP contribution is 2.38. The van der Waals surface area contributed by atoms with Crippen LogP contribution in [0.15, 0.2) is 66.7 Å². The number of amides is 2. The van der Waals surface area contributed by atoms with Crippen LogP contribution in [-0.2, 0) is 34.0 Å². The van der Waals surface area contributed by atoms with Gasteiger partial charge in [0.15, 0.2) is 0 Å². The van der Waals surface area contributed by atoms with Crippen LogP contribution >= 0.6 is 23.2 Å². The van der Waals surface area contributed by atoms with Crippen molar-refractivity contribution >= 4 is 35.0 Å². The normalized spacial score (nSPS) is 16.0. The average Bonchev–Trinajstić information content (AvgIpc) is 3.00. The number of hydrogen-bond acceptors (Lipinski definition) is 3. The van der Waals surface area contributed by atoms with Gasteiger partial charge in [-0.05, 0) is 72.8 Å². The Bertz CT molecular complexity index is 1530. The van der Waals surface area contributed by atoms with E-state index in [2.05, 4.69) is 10.2 Å². The lowest BCUT2D eigenvalue weighted by molar-refractivity contribution is -0.143. The molecule has 0 spiro atoms. The molecule has 0 saturated carbocycles. The van der Waals surface area contributed by atoms with E-state index in [1.54, 1.807) is 18.2 Å². The van der Waals surface area contributed by atoms with Crippen molar-refractivity contribution in [2.45, 2.75) is 63.5 Å². The highest BCUT2D eigenvalue weighted by molar-refractivity contribution is 6.42. The number of hydrogen-bond donors (Lipinski definition) is 1. The standard InChI is InChI=1S/C34H35Cl2F6N3O2/c1-22(46)43-32(27-6-4-3-5-7-27)11-14-44(15-12-32)13-10-26(25-8-9-30(35)31(36)18-25)21-45(23(2)47)20-24-16-28(33(37,38)39)19-29(17-24)34(40,41)42/h3-9,16-19,26H,10-15,20-21H2,1-2H3,(H,43,46). The Labute approximate surface area is 279 Å². The van der Waals surface area contributed by atoms with Crippen LogP contribution in [0.4, 0.5) is 26.3 Å². The first-order valence-corrected chi connectivity index (χ1v) is 15.8. The third-order valence-electron chi connectivity index (χ3n) is 8.57. The molecule has 4 rings (SSSR count). The zero-order valence-electron chi connectivity index (χ0n) is 25.8. The average molecular weight is 703 g/mol. The summed E-state index contributed by atoms with van der Waals surface area (Å²) < 4.78 is 81.1. The van der Waals surface area contributed by atoms with Crippen LogP contribution in [0.2, 0.25) is 10.0 Å². The molecule has 0 aromatic heterocycles. The van der Waals surface area contributed by atoms with Crippen molar-refractivity contribution in [3.63, 3.8) is 0 Å². The van der Waals surface area contributed by atoms with Crippen molar-refractivity contribution in [3.05, 3.63) is 105 Å². The summed E-state index contributed by atoms with van der Waals surface area (Å²) in [5, 5.41) is 3.73. The molecule has 1 saturated heterocycles. The summed E-state index contributed by atoms with van der Waals surface area (Å²) in [5.74, 6) is -1.02. The van der Waals surface area contributed by atoms with Crippen molar-refractivity contribution in [2.75, 3.05) is 26.2 Å². The molecule has 1 heterocycles. The molecular formula is C34H35Cl2F6N3O2. The summed E-state index contributed by atoms with van der Waals surface area (Å²) in [6.45, 7) is 4.15. The fraction of sp³-hybridized carbons (Fsp3) is 0.412. The highest BCUT2D eigenvalue weighted by atomic mass is 35.5. The fourth-order valence-corrected chi connectivity index (χ4v) is 6.41. The van der Waals surface area contributed by atoms with E-state index in [-0.39, 0.29) is 35.0 Å². The molecule has 2 amide bonds. The van der Waals surface area contributed by atoms with Gasteiger partial charge < -0.3 is 15.1 Å². The lowest BCUT2D eigenvalue weighted by Gasteiger charge is -2.43. The number of nitrogens with zero attached hydrogens (tertiary/aromatic N) is 2. The Morgan fingerprint density at radius 3 is 1.98 bits per heavy atom. The van der Waals surface area contributed by atoms with Gasteiger partial charge in [0.25, 0.3) is 0 Å². The minimum absolute atomic E-state index is 0.0125. The van der Waals surface area contributed by atoms with Crippen LogP contribution in [0.1, 0.15) is 66.8 Å².